The Hall–Kier alpha value is -6.14. The molecule has 7 aromatic carbocycles. The minimum Gasteiger partial charge on any atom is -0.309 e. The van der Waals surface area contributed by atoms with Crippen LogP contribution in [0.25, 0.3) is 102 Å². The Morgan fingerprint density at radius 3 is 1.84 bits per heavy atom. The molecular formula is C46H27N3S2. The van der Waals surface area contributed by atoms with E-state index in [1.165, 1.54) is 63.2 Å². The van der Waals surface area contributed by atoms with Crippen LogP contribution in [-0.2, 0) is 0 Å². The summed E-state index contributed by atoms with van der Waals surface area (Å²) in [5.41, 5.74) is 8.92. The Bertz CT molecular complexity index is 3110. The van der Waals surface area contributed by atoms with E-state index >= 15 is 0 Å². The zero-order chi connectivity index (χ0) is 33.5. The number of nitrogens with zero attached hydrogens (tertiary/aromatic N) is 3. The first-order valence-corrected chi connectivity index (χ1v) is 18.7. The largest absolute Gasteiger partial charge is 0.309 e. The van der Waals surface area contributed by atoms with Crippen molar-refractivity contribution in [2.75, 3.05) is 0 Å². The summed E-state index contributed by atoms with van der Waals surface area (Å²) in [4.78, 5) is 11.7. The van der Waals surface area contributed by atoms with Crippen molar-refractivity contribution in [1.29, 1.82) is 0 Å². The highest BCUT2D eigenvalue weighted by molar-refractivity contribution is 7.26. The molecule has 0 saturated heterocycles. The average Bonchev–Trinajstić information content (AvgIpc) is 3.87. The summed E-state index contributed by atoms with van der Waals surface area (Å²) in [6.07, 6.45) is 0. The molecule has 0 atom stereocenters. The first-order valence-electron chi connectivity index (χ1n) is 17.1. The van der Waals surface area contributed by atoms with Crippen LogP contribution in [0.5, 0.6) is 0 Å². The van der Waals surface area contributed by atoms with Crippen LogP contribution >= 0.6 is 22.7 Å². The van der Waals surface area contributed by atoms with Crippen molar-refractivity contribution in [3.05, 3.63) is 164 Å². The molecule has 0 spiro atoms. The number of fused-ring (bicyclic) bond motifs is 9. The summed E-state index contributed by atoms with van der Waals surface area (Å²) >= 11 is 3.60. The number of hydrogen-bond acceptors (Lipinski definition) is 4. The van der Waals surface area contributed by atoms with E-state index in [-0.39, 0.29) is 0 Å². The lowest BCUT2D eigenvalue weighted by atomic mass is 9.98. The van der Waals surface area contributed by atoms with Crippen molar-refractivity contribution in [3.8, 4) is 39.5 Å². The molecule has 0 radical (unpaired) electrons. The quantitative estimate of drug-likeness (QED) is 0.185. The van der Waals surface area contributed by atoms with Gasteiger partial charge in [-0.15, -0.1) is 22.7 Å². The summed E-state index contributed by atoms with van der Waals surface area (Å²) in [6, 6.07) is 58.8. The second-order valence-electron chi connectivity index (χ2n) is 13.0. The third kappa shape index (κ3) is 4.42. The number of hydrogen-bond donors (Lipinski definition) is 0. The van der Waals surface area contributed by atoms with Crippen LogP contribution in [0, 0.1) is 0 Å². The Morgan fingerprint density at radius 1 is 0.431 bits per heavy atom. The number of thiophene rings is 2. The van der Waals surface area contributed by atoms with Crippen molar-refractivity contribution < 1.29 is 0 Å². The van der Waals surface area contributed by atoms with Crippen LogP contribution in [0.1, 0.15) is 0 Å². The molecule has 0 bridgehead atoms. The zero-order valence-electron chi connectivity index (χ0n) is 27.2. The fourth-order valence-corrected chi connectivity index (χ4v) is 10.1. The van der Waals surface area contributed by atoms with Gasteiger partial charge in [-0.05, 0) is 53.6 Å². The lowest BCUT2D eigenvalue weighted by Crippen LogP contribution is -1.97. The maximum Gasteiger partial charge on any atom is 0.161 e. The Kier molecular flexibility index (Phi) is 6.29. The SMILES string of the molecule is c1cc(-c2cccc3c2sc2ccccc23)cc(-c2nc(-c3cccc(-n4c5ccccc5c5ccccc54)c3)nc3sc4ccccc4c23)c1. The molecule has 0 N–H and O–H groups in total. The third-order valence-electron chi connectivity index (χ3n) is 10.0. The highest BCUT2D eigenvalue weighted by atomic mass is 32.1. The van der Waals surface area contributed by atoms with E-state index in [1.54, 1.807) is 11.3 Å². The average molecular weight is 686 g/mol. The van der Waals surface area contributed by atoms with Gasteiger partial charge in [-0.25, -0.2) is 9.97 Å². The molecule has 0 fully saturated rings. The molecule has 4 aromatic heterocycles. The van der Waals surface area contributed by atoms with Crippen LogP contribution in [0.15, 0.2) is 164 Å². The maximum atomic E-state index is 5.43. The number of benzene rings is 7. The van der Waals surface area contributed by atoms with Gasteiger partial charge in [-0.3, -0.25) is 0 Å². The van der Waals surface area contributed by atoms with E-state index < -0.39 is 0 Å². The standard InChI is InChI=1S/C46H27N3S2/c1-5-22-38-33(16-1)34-17-2-6-23-39(34)49(38)31-15-10-14-30(27-31)45-47-43(42-37-19-4-8-25-41(37)51-46(42)48-45)29-13-9-12-28(26-29)32-20-11-21-36-35-18-3-7-24-40(35)50-44(32)36/h1-27H. The van der Waals surface area contributed by atoms with E-state index in [1.807, 2.05) is 11.3 Å². The van der Waals surface area contributed by atoms with Crippen LogP contribution in [-0.4, -0.2) is 14.5 Å². The molecule has 0 aliphatic carbocycles. The van der Waals surface area contributed by atoms with Gasteiger partial charge >= 0.3 is 0 Å². The summed E-state index contributed by atoms with van der Waals surface area (Å²) in [5, 5.41) is 7.40. The molecule has 5 heteroatoms. The van der Waals surface area contributed by atoms with Crippen molar-refractivity contribution in [2.45, 2.75) is 0 Å². The van der Waals surface area contributed by atoms with Crippen molar-refractivity contribution >= 4 is 85.0 Å². The van der Waals surface area contributed by atoms with Crippen LogP contribution in [0.2, 0.25) is 0 Å². The molecule has 11 aromatic rings. The first-order chi connectivity index (χ1) is 25.3. The molecule has 51 heavy (non-hydrogen) atoms. The van der Waals surface area contributed by atoms with Crippen LogP contribution < -0.4 is 0 Å². The van der Waals surface area contributed by atoms with Gasteiger partial charge in [-0.2, -0.15) is 0 Å². The Morgan fingerprint density at radius 2 is 1.04 bits per heavy atom. The van der Waals surface area contributed by atoms with E-state index in [0.29, 0.717) is 0 Å². The lowest BCUT2D eigenvalue weighted by Gasteiger charge is -2.12. The van der Waals surface area contributed by atoms with Crippen LogP contribution in [0.4, 0.5) is 0 Å². The van der Waals surface area contributed by atoms with Gasteiger partial charge in [0.25, 0.3) is 0 Å². The molecule has 0 saturated carbocycles. The van der Waals surface area contributed by atoms with Crippen molar-refractivity contribution in [3.63, 3.8) is 0 Å². The highest BCUT2D eigenvalue weighted by Gasteiger charge is 2.19. The Labute approximate surface area is 301 Å². The zero-order valence-corrected chi connectivity index (χ0v) is 28.9. The minimum absolute atomic E-state index is 0.726. The lowest BCUT2D eigenvalue weighted by molar-refractivity contribution is 1.17. The topological polar surface area (TPSA) is 30.7 Å². The second kappa shape index (κ2) is 11.2. The van der Waals surface area contributed by atoms with Gasteiger partial charge < -0.3 is 4.57 Å². The van der Waals surface area contributed by atoms with Gasteiger partial charge in [0.2, 0.25) is 0 Å². The molecule has 238 valence electrons. The summed E-state index contributed by atoms with van der Waals surface area (Å²) in [7, 11) is 0. The molecule has 11 rings (SSSR count). The summed E-state index contributed by atoms with van der Waals surface area (Å²) in [6.45, 7) is 0. The summed E-state index contributed by atoms with van der Waals surface area (Å²) < 4.78 is 6.19. The Balaban J connectivity index is 1.12. The van der Waals surface area contributed by atoms with Gasteiger partial charge in [0, 0.05) is 63.2 Å². The molecular weight excluding hydrogens is 659 g/mol. The molecule has 0 unspecified atom stereocenters. The van der Waals surface area contributed by atoms with Gasteiger partial charge in [0.05, 0.1) is 16.7 Å². The highest BCUT2D eigenvalue weighted by Crippen LogP contribution is 2.43. The fourth-order valence-electron chi connectivity index (χ4n) is 7.75. The molecule has 4 heterocycles. The van der Waals surface area contributed by atoms with Crippen molar-refractivity contribution in [2.24, 2.45) is 0 Å². The normalized spacial score (nSPS) is 11.9. The fraction of sp³-hybridized carbons (Fsp3) is 0. The van der Waals surface area contributed by atoms with Crippen LogP contribution in [0.3, 0.4) is 0 Å². The van der Waals surface area contributed by atoms with E-state index in [9.17, 15) is 0 Å². The molecule has 0 aliphatic heterocycles. The maximum absolute atomic E-state index is 5.43. The van der Waals surface area contributed by atoms with E-state index in [0.717, 1.165) is 38.5 Å². The summed E-state index contributed by atoms with van der Waals surface area (Å²) in [5.74, 6) is 0.726. The van der Waals surface area contributed by atoms with Gasteiger partial charge in [0.15, 0.2) is 5.82 Å². The molecule has 3 nitrogen and oxygen atoms in total. The third-order valence-corrected chi connectivity index (χ3v) is 12.3. The monoisotopic (exact) mass is 685 g/mol. The van der Waals surface area contributed by atoms with Crippen molar-refractivity contribution in [1.82, 2.24) is 14.5 Å². The first kappa shape index (κ1) is 28.7. The van der Waals surface area contributed by atoms with Gasteiger partial charge in [0.1, 0.15) is 4.83 Å². The predicted molar refractivity (Wildman–Crippen MR) is 218 cm³/mol. The number of rotatable bonds is 4. The number of para-hydroxylation sites is 2. The smallest absolute Gasteiger partial charge is 0.161 e. The van der Waals surface area contributed by atoms with Gasteiger partial charge in [-0.1, -0.05) is 121 Å². The predicted octanol–water partition coefficient (Wildman–Crippen LogP) is 13.3. The number of aromatic nitrogens is 3. The second-order valence-corrected chi connectivity index (χ2v) is 15.0. The van der Waals surface area contributed by atoms with E-state index in [4.69, 9.17) is 9.97 Å². The minimum atomic E-state index is 0.726. The molecule has 0 amide bonds. The van der Waals surface area contributed by atoms with E-state index in [2.05, 4.69) is 168 Å². The molecule has 0 aliphatic rings.